The van der Waals surface area contributed by atoms with E-state index in [1.54, 1.807) is 24.3 Å². The van der Waals surface area contributed by atoms with Crippen molar-refractivity contribution >= 4 is 21.6 Å². The van der Waals surface area contributed by atoms with Gasteiger partial charge in [-0.25, -0.2) is 0 Å². The Morgan fingerprint density at radius 2 is 1.70 bits per heavy atom. The van der Waals surface area contributed by atoms with Crippen LogP contribution in [0.5, 0.6) is 0 Å². The summed E-state index contributed by atoms with van der Waals surface area (Å²) in [4.78, 5) is 25.6. The summed E-state index contributed by atoms with van der Waals surface area (Å²) >= 11 is 0. The van der Waals surface area contributed by atoms with Crippen LogP contribution < -0.4 is 0 Å². The lowest BCUT2D eigenvalue weighted by atomic mass is 10.1. The molecule has 20 heavy (non-hydrogen) atoms. The van der Waals surface area contributed by atoms with Crippen LogP contribution in [0, 0.1) is 0 Å². The fraction of sp³-hybridized carbons (Fsp3) is 0.467. The van der Waals surface area contributed by atoms with E-state index in [0.29, 0.717) is 23.8 Å². The summed E-state index contributed by atoms with van der Waals surface area (Å²) in [5, 5.41) is 0. The van der Waals surface area contributed by atoms with E-state index in [-0.39, 0.29) is 11.8 Å². The maximum Gasteiger partial charge on any atom is 0.261 e. The van der Waals surface area contributed by atoms with E-state index in [0.717, 1.165) is 18.9 Å². The third-order valence-electron chi connectivity index (χ3n) is 3.36. The summed E-state index contributed by atoms with van der Waals surface area (Å²) in [5.41, 5.74) is 1.07. The maximum absolute atomic E-state index is 12.1. The molecule has 0 fully saturated rings. The van der Waals surface area contributed by atoms with Gasteiger partial charge in [-0.1, -0.05) is 18.6 Å². The average molecular weight is 291 g/mol. The number of imide groups is 1. The van der Waals surface area contributed by atoms with Crippen LogP contribution >= 0.6 is 0 Å². The minimum Gasteiger partial charge on any atom is -0.422 e. The highest BCUT2D eigenvalue weighted by molar-refractivity contribution is 6.27. The fourth-order valence-electron chi connectivity index (χ4n) is 2.31. The second-order valence-corrected chi connectivity index (χ2v) is 6.74. The number of benzene rings is 1. The Kier molecular flexibility index (Phi) is 5.09. The quantitative estimate of drug-likeness (QED) is 0.438. The van der Waals surface area contributed by atoms with Crippen molar-refractivity contribution in [1.29, 1.82) is 0 Å². The molecule has 0 unspecified atom stereocenters. The molecule has 0 spiro atoms. The van der Waals surface area contributed by atoms with Crippen molar-refractivity contribution in [2.45, 2.75) is 38.8 Å². The minimum atomic E-state index is -0.445. The molecule has 108 valence electrons. The summed E-state index contributed by atoms with van der Waals surface area (Å²) < 4.78 is 5.60. The van der Waals surface area contributed by atoms with Crippen LogP contribution in [0.2, 0.25) is 6.04 Å². The van der Waals surface area contributed by atoms with E-state index in [2.05, 4.69) is 0 Å². The topological polar surface area (TPSA) is 46.6 Å². The van der Waals surface area contributed by atoms with E-state index < -0.39 is 9.76 Å². The lowest BCUT2D eigenvalue weighted by Gasteiger charge is -2.13. The van der Waals surface area contributed by atoms with Gasteiger partial charge < -0.3 is 4.43 Å². The molecule has 2 rings (SSSR count). The molecule has 0 aliphatic carbocycles. The Bertz CT molecular complexity index is 467. The van der Waals surface area contributed by atoms with Gasteiger partial charge in [-0.3, -0.25) is 14.5 Å². The fourth-order valence-corrected chi connectivity index (χ4v) is 3.51. The van der Waals surface area contributed by atoms with Gasteiger partial charge in [-0.15, -0.1) is 0 Å². The molecule has 5 heteroatoms. The van der Waals surface area contributed by atoms with Crippen molar-refractivity contribution in [3.05, 3.63) is 35.4 Å². The van der Waals surface area contributed by atoms with Gasteiger partial charge in [0.25, 0.3) is 11.8 Å². The lowest BCUT2D eigenvalue weighted by Crippen LogP contribution is -2.30. The summed E-state index contributed by atoms with van der Waals surface area (Å²) in [6.45, 7) is 4.61. The first-order valence-electron chi connectivity index (χ1n) is 7.18. The van der Waals surface area contributed by atoms with Crippen LogP contribution in [-0.4, -0.2) is 39.1 Å². The number of fused-ring (bicyclic) bond motifs is 1. The van der Waals surface area contributed by atoms with Crippen LogP contribution in [-0.2, 0) is 4.43 Å². The predicted molar refractivity (Wildman–Crippen MR) is 80.6 cm³/mol. The molecule has 1 aliphatic heterocycles. The number of hydrogen-bond acceptors (Lipinski definition) is 3. The van der Waals surface area contributed by atoms with Gasteiger partial charge in [0.2, 0.25) is 0 Å². The van der Waals surface area contributed by atoms with Gasteiger partial charge in [0, 0.05) is 12.6 Å². The normalized spacial score (nSPS) is 14.8. The molecule has 0 saturated heterocycles. The van der Waals surface area contributed by atoms with Crippen molar-refractivity contribution in [2.75, 3.05) is 6.54 Å². The molecule has 4 nitrogen and oxygen atoms in total. The van der Waals surface area contributed by atoms with Gasteiger partial charge in [0.15, 0.2) is 9.76 Å². The highest BCUT2D eigenvalue weighted by Crippen LogP contribution is 2.22. The monoisotopic (exact) mass is 291 g/mol. The minimum absolute atomic E-state index is 0.152. The Morgan fingerprint density at radius 3 is 2.25 bits per heavy atom. The lowest BCUT2D eigenvalue weighted by molar-refractivity contribution is 0.0652. The zero-order valence-electron chi connectivity index (χ0n) is 12.1. The molecule has 0 radical (unpaired) electrons. The summed E-state index contributed by atoms with van der Waals surface area (Å²) in [6.07, 6.45) is 2.20. The van der Waals surface area contributed by atoms with Crippen molar-refractivity contribution in [1.82, 2.24) is 4.90 Å². The van der Waals surface area contributed by atoms with E-state index in [1.807, 2.05) is 13.8 Å². The molecule has 1 heterocycles. The van der Waals surface area contributed by atoms with E-state index in [9.17, 15) is 9.59 Å². The van der Waals surface area contributed by atoms with Crippen LogP contribution in [0.25, 0.3) is 0 Å². The number of carbonyl (C=O) groups is 2. The van der Waals surface area contributed by atoms with Crippen LogP contribution in [0.3, 0.4) is 0 Å². The summed E-state index contributed by atoms with van der Waals surface area (Å²) in [7, 11) is -0.445. The van der Waals surface area contributed by atoms with E-state index in [4.69, 9.17) is 4.43 Å². The van der Waals surface area contributed by atoms with Crippen LogP contribution in [0.1, 0.15) is 47.4 Å². The van der Waals surface area contributed by atoms with Gasteiger partial charge in [0.1, 0.15) is 0 Å². The van der Waals surface area contributed by atoms with E-state index in [1.165, 1.54) is 4.90 Å². The molecule has 1 aliphatic rings. The van der Waals surface area contributed by atoms with E-state index >= 15 is 0 Å². The van der Waals surface area contributed by atoms with Crippen molar-refractivity contribution < 1.29 is 14.0 Å². The summed E-state index contributed by atoms with van der Waals surface area (Å²) in [6, 6.07) is 8.13. The van der Waals surface area contributed by atoms with Gasteiger partial charge >= 0.3 is 0 Å². The Hall–Kier alpha value is -1.46. The Balaban J connectivity index is 1.78. The third-order valence-corrected chi connectivity index (χ3v) is 5.05. The van der Waals surface area contributed by atoms with Crippen molar-refractivity contribution in [3.63, 3.8) is 0 Å². The first-order chi connectivity index (χ1) is 9.61. The molecule has 0 atom stereocenters. The predicted octanol–water partition coefficient (Wildman–Crippen LogP) is 1.99. The first-order valence-corrected chi connectivity index (χ1v) is 8.76. The molecular weight excluding hydrogens is 270 g/mol. The SMILES string of the molecule is CC(C)O[SiH2]CCCCN1C(=O)c2ccccc2C1=O. The van der Waals surface area contributed by atoms with Gasteiger partial charge in [-0.2, -0.15) is 0 Å². The van der Waals surface area contributed by atoms with Crippen molar-refractivity contribution in [3.8, 4) is 0 Å². The molecule has 0 aromatic heterocycles. The maximum atomic E-state index is 12.1. The van der Waals surface area contributed by atoms with Crippen LogP contribution in [0.4, 0.5) is 0 Å². The second kappa shape index (κ2) is 6.81. The van der Waals surface area contributed by atoms with Crippen molar-refractivity contribution in [2.24, 2.45) is 0 Å². The Morgan fingerprint density at radius 1 is 1.10 bits per heavy atom. The highest BCUT2D eigenvalue weighted by Gasteiger charge is 2.34. The smallest absolute Gasteiger partial charge is 0.261 e. The van der Waals surface area contributed by atoms with Gasteiger partial charge in [0.05, 0.1) is 11.1 Å². The van der Waals surface area contributed by atoms with Gasteiger partial charge in [-0.05, 0) is 38.4 Å². The number of carbonyl (C=O) groups excluding carboxylic acids is 2. The second-order valence-electron chi connectivity index (χ2n) is 5.29. The molecule has 0 N–H and O–H groups in total. The zero-order valence-corrected chi connectivity index (χ0v) is 13.5. The third kappa shape index (κ3) is 3.35. The van der Waals surface area contributed by atoms with Crippen LogP contribution in [0.15, 0.2) is 24.3 Å². The average Bonchev–Trinajstić information content (AvgIpc) is 2.67. The molecule has 0 saturated carbocycles. The molecule has 0 bridgehead atoms. The number of amides is 2. The standard InChI is InChI=1S/C15H21NO3Si/c1-11(2)19-20-10-6-5-9-16-14(17)12-7-3-4-8-13(12)15(16)18/h3-4,7-8,11H,5-6,9-10,20H2,1-2H3. The largest absolute Gasteiger partial charge is 0.422 e. The molecule has 1 aromatic carbocycles. The molecular formula is C15H21NO3Si. The highest BCUT2D eigenvalue weighted by atomic mass is 28.2. The zero-order chi connectivity index (χ0) is 14.5. The number of hydrogen-bond donors (Lipinski definition) is 0. The summed E-state index contributed by atoms with van der Waals surface area (Å²) in [5.74, 6) is -0.303. The number of rotatable bonds is 7. The number of unbranched alkanes of at least 4 members (excludes halogenated alkanes) is 1. The Labute approximate surface area is 122 Å². The first kappa shape index (κ1) is 14.9. The molecule has 1 aromatic rings. The number of nitrogens with zero attached hydrogens (tertiary/aromatic N) is 1. The molecule has 2 amide bonds.